The van der Waals surface area contributed by atoms with Gasteiger partial charge >= 0.3 is 11.9 Å². The van der Waals surface area contributed by atoms with Gasteiger partial charge in [0.05, 0.1) is 25.7 Å². The molecule has 6 heteroatoms. The van der Waals surface area contributed by atoms with Gasteiger partial charge in [-0.3, -0.25) is 4.79 Å². The van der Waals surface area contributed by atoms with Gasteiger partial charge < -0.3 is 15.2 Å². The number of rotatable bonds is 6. The number of hydrogen-bond acceptors (Lipinski definition) is 6. The van der Waals surface area contributed by atoms with Crippen molar-refractivity contribution in [3.63, 3.8) is 0 Å². The Kier molecular flexibility index (Phi) is 6.21. The van der Waals surface area contributed by atoms with E-state index < -0.39 is 5.97 Å². The molecule has 0 saturated heterocycles. The maximum absolute atomic E-state index is 11.7. The molecule has 0 atom stereocenters. The monoisotopic (exact) mass is 283 g/mol. The highest BCUT2D eigenvalue weighted by molar-refractivity contribution is 7.99. The van der Waals surface area contributed by atoms with Gasteiger partial charge in [0.1, 0.15) is 0 Å². The van der Waals surface area contributed by atoms with Crippen LogP contribution < -0.4 is 5.73 Å². The molecule has 0 heterocycles. The molecule has 0 spiro atoms. The van der Waals surface area contributed by atoms with Gasteiger partial charge in [0.2, 0.25) is 0 Å². The Morgan fingerprint density at radius 1 is 1.37 bits per heavy atom. The van der Waals surface area contributed by atoms with Gasteiger partial charge in [0.25, 0.3) is 0 Å². The van der Waals surface area contributed by atoms with Crippen molar-refractivity contribution in [3.05, 3.63) is 23.8 Å². The molecular weight excluding hydrogens is 266 g/mol. The van der Waals surface area contributed by atoms with Crippen molar-refractivity contribution in [2.45, 2.75) is 18.2 Å². The second-order valence-corrected chi connectivity index (χ2v) is 4.81. The minimum Gasteiger partial charge on any atom is -0.469 e. The molecule has 0 aliphatic carbocycles. The summed E-state index contributed by atoms with van der Waals surface area (Å²) in [5.41, 5.74) is 6.47. The summed E-state index contributed by atoms with van der Waals surface area (Å²) in [7, 11) is 1.36. The fraction of sp³-hybridized carbons (Fsp3) is 0.385. The number of thioether (sulfide) groups is 1. The molecule has 0 amide bonds. The number of esters is 2. The lowest BCUT2D eigenvalue weighted by Crippen LogP contribution is -2.08. The number of methoxy groups -OCH3 is 1. The molecular formula is C13H17NO4S. The van der Waals surface area contributed by atoms with Crippen molar-refractivity contribution >= 4 is 29.4 Å². The van der Waals surface area contributed by atoms with E-state index in [0.717, 1.165) is 4.90 Å². The van der Waals surface area contributed by atoms with Crippen molar-refractivity contribution < 1.29 is 19.1 Å². The molecule has 0 bridgehead atoms. The highest BCUT2D eigenvalue weighted by atomic mass is 32.2. The van der Waals surface area contributed by atoms with Crippen molar-refractivity contribution in [1.29, 1.82) is 0 Å². The number of benzene rings is 1. The van der Waals surface area contributed by atoms with E-state index in [1.807, 2.05) is 0 Å². The largest absolute Gasteiger partial charge is 0.469 e. The number of nitrogens with two attached hydrogens (primary N) is 1. The molecule has 0 aromatic heterocycles. The molecule has 104 valence electrons. The van der Waals surface area contributed by atoms with Gasteiger partial charge in [-0.05, 0) is 25.1 Å². The van der Waals surface area contributed by atoms with Crippen molar-refractivity contribution in [3.8, 4) is 0 Å². The van der Waals surface area contributed by atoms with E-state index in [1.54, 1.807) is 25.1 Å². The first-order valence-electron chi connectivity index (χ1n) is 5.84. The van der Waals surface area contributed by atoms with E-state index in [9.17, 15) is 9.59 Å². The summed E-state index contributed by atoms with van der Waals surface area (Å²) >= 11 is 1.46. The van der Waals surface area contributed by atoms with Gasteiger partial charge in [0, 0.05) is 16.3 Å². The van der Waals surface area contributed by atoms with Gasteiger partial charge in [-0.1, -0.05) is 0 Å². The Balaban J connectivity index is 2.68. The van der Waals surface area contributed by atoms with Gasteiger partial charge in [-0.2, -0.15) is 0 Å². The lowest BCUT2D eigenvalue weighted by molar-refractivity contribution is -0.140. The Hall–Kier alpha value is -1.69. The first-order chi connectivity index (χ1) is 9.08. The fourth-order valence-corrected chi connectivity index (χ4v) is 2.23. The molecule has 2 N–H and O–H groups in total. The predicted molar refractivity (Wildman–Crippen MR) is 74.2 cm³/mol. The topological polar surface area (TPSA) is 78.6 Å². The molecule has 5 nitrogen and oxygen atoms in total. The van der Waals surface area contributed by atoms with Crippen molar-refractivity contribution in [2.24, 2.45) is 0 Å². The highest BCUT2D eigenvalue weighted by Gasteiger charge is 2.12. The van der Waals surface area contributed by atoms with Crippen LogP contribution in [0.2, 0.25) is 0 Å². The second kappa shape index (κ2) is 7.68. The van der Waals surface area contributed by atoms with E-state index >= 15 is 0 Å². The third kappa shape index (κ3) is 4.82. The Labute approximate surface area is 116 Å². The van der Waals surface area contributed by atoms with Crippen LogP contribution in [0.25, 0.3) is 0 Å². The summed E-state index contributed by atoms with van der Waals surface area (Å²) in [6.07, 6.45) is 0.320. The zero-order valence-electron chi connectivity index (χ0n) is 11.0. The maximum atomic E-state index is 11.7. The Morgan fingerprint density at radius 2 is 2.11 bits per heavy atom. The van der Waals surface area contributed by atoms with Gasteiger partial charge in [0.15, 0.2) is 0 Å². The average Bonchev–Trinajstić information content (AvgIpc) is 2.40. The zero-order chi connectivity index (χ0) is 14.3. The second-order valence-electron chi connectivity index (χ2n) is 3.64. The Morgan fingerprint density at radius 3 is 2.74 bits per heavy atom. The fourth-order valence-electron chi connectivity index (χ4n) is 1.37. The lowest BCUT2D eigenvalue weighted by Gasteiger charge is -2.07. The molecule has 1 rings (SSSR count). The van der Waals surface area contributed by atoms with Crippen molar-refractivity contribution in [2.75, 3.05) is 25.2 Å². The summed E-state index contributed by atoms with van der Waals surface area (Å²) in [6.45, 7) is 2.04. The molecule has 0 aliphatic rings. The summed E-state index contributed by atoms with van der Waals surface area (Å²) in [5.74, 6) is -0.109. The molecule has 0 fully saturated rings. The van der Waals surface area contributed by atoms with E-state index in [4.69, 9.17) is 10.5 Å². The van der Waals surface area contributed by atoms with E-state index in [2.05, 4.69) is 4.74 Å². The molecule has 0 radical (unpaired) electrons. The first kappa shape index (κ1) is 15.4. The zero-order valence-corrected chi connectivity index (χ0v) is 11.8. The SMILES string of the molecule is CCOC(=O)c1cc(SCCC(=O)OC)ccc1N. The predicted octanol–water partition coefficient (Wildman–Crippen LogP) is 2.10. The summed E-state index contributed by atoms with van der Waals surface area (Å²) < 4.78 is 9.48. The molecule has 0 saturated carbocycles. The Bertz CT molecular complexity index is 462. The minimum atomic E-state index is -0.435. The first-order valence-corrected chi connectivity index (χ1v) is 6.83. The van der Waals surface area contributed by atoms with Crippen LogP contribution >= 0.6 is 11.8 Å². The molecule has 0 unspecified atom stereocenters. The molecule has 0 aliphatic heterocycles. The number of carbonyl (C=O) groups excluding carboxylic acids is 2. The highest BCUT2D eigenvalue weighted by Crippen LogP contribution is 2.24. The quantitative estimate of drug-likeness (QED) is 0.489. The number of hydrogen-bond donors (Lipinski definition) is 1. The number of ether oxygens (including phenoxy) is 2. The van der Waals surface area contributed by atoms with Crippen LogP contribution in [0.3, 0.4) is 0 Å². The normalized spacial score (nSPS) is 10.0. The van der Waals surface area contributed by atoms with Crippen LogP contribution in [0.4, 0.5) is 5.69 Å². The van der Waals surface area contributed by atoms with Gasteiger partial charge in [-0.15, -0.1) is 11.8 Å². The van der Waals surface area contributed by atoms with Crippen LogP contribution in [0.5, 0.6) is 0 Å². The third-order valence-corrected chi connectivity index (χ3v) is 3.32. The van der Waals surface area contributed by atoms with Crippen LogP contribution in [-0.4, -0.2) is 31.4 Å². The summed E-state index contributed by atoms with van der Waals surface area (Å²) in [6, 6.07) is 5.14. The van der Waals surface area contributed by atoms with Crippen LogP contribution in [0.1, 0.15) is 23.7 Å². The van der Waals surface area contributed by atoms with Crippen LogP contribution in [-0.2, 0) is 14.3 Å². The smallest absolute Gasteiger partial charge is 0.340 e. The number of carbonyl (C=O) groups is 2. The minimum absolute atomic E-state index is 0.256. The van der Waals surface area contributed by atoms with E-state index in [-0.39, 0.29) is 5.97 Å². The van der Waals surface area contributed by atoms with Crippen LogP contribution in [0, 0.1) is 0 Å². The molecule has 19 heavy (non-hydrogen) atoms. The summed E-state index contributed by atoms with van der Waals surface area (Å²) in [5, 5.41) is 0. The molecule has 1 aromatic rings. The average molecular weight is 283 g/mol. The number of anilines is 1. The maximum Gasteiger partial charge on any atom is 0.340 e. The number of nitrogen functional groups attached to an aromatic ring is 1. The molecule has 1 aromatic carbocycles. The lowest BCUT2D eigenvalue weighted by atomic mass is 10.2. The summed E-state index contributed by atoms with van der Waals surface area (Å²) in [4.78, 5) is 23.5. The van der Waals surface area contributed by atoms with E-state index in [0.29, 0.717) is 30.0 Å². The standard InChI is InChI=1S/C13H17NO4S/c1-3-18-13(16)10-8-9(4-5-11(10)14)19-7-6-12(15)17-2/h4-5,8H,3,6-7,14H2,1-2H3. The third-order valence-electron chi connectivity index (χ3n) is 2.32. The van der Waals surface area contributed by atoms with Crippen molar-refractivity contribution in [1.82, 2.24) is 0 Å². The van der Waals surface area contributed by atoms with Crippen LogP contribution in [0.15, 0.2) is 23.1 Å². The van der Waals surface area contributed by atoms with Gasteiger partial charge in [-0.25, -0.2) is 4.79 Å². The van der Waals surface area contributed by atoms with E-state index in [1.165, 1.54) is 18.9 Å².